The van der Waals surface area contributed by atoms with Crippen molar-refractivity contribution in [3.63, 3.8) is 0 Å². The van der Waals surface area contributed by atoms with Crippen molar-refractivity contribution in [1.29, 1.82) is 0 Å². The number of carbonyl (C=O) groups excluding carboxylic acids is 1. The maximum atomic E-state index is 12.7. The number of aryl methyl sites for hydroxylation is 1. The molecule has 0 aliphatic rings. The van der Waals surface area contributed by atoms with Gasteiger partial charge in [0.05, 0.1) is 0 Å². The molecule has 1 atom stereocenters. The summed E-state index contributed by atoms with van der Waals surface area (Å²) in [6, 6.07) is 18.4. The van der Waals surface area contributed by atoms with Gasteiger partial charge in [0.15, 0.2) is 5.16 Å². The van der Waals surface area contributed by atoms with Gasteiger partial charge in [0.25, 0.3) is 5.56 Å². The molecule has 1 unspecified atom stereocenters. The molecular formula is C25H26N4O2S. The van der Waals surface area contributed by atoms with Crippen LogP contribution in [-0.2, 0) is 11.2 Å². The van der Waals surface area contributed by atoms with Gasteiger partial charge in [-0.25, -0.2) is 4.98 Å². The third-order valence-corrected chi connectivity index (χ3v) is 6.28. The van der Waals surface area contributed by atoms with E-state index >= 15 is 0 Å². The van der Waals surface area contributed by atoms with Gasteiger partial charge >= 0.3 is 0 Å². The van der Waals surface area contributed by atoms with E-state index in [9.17, 15) is 9.59 Å². The Morgan fingerprint density at radius 1 is 1.12 bits per heavy atom. The summed E-state index contributed by atoms with van der Waals surface area (Å²) in [4.78, 5) is 35.5. The van der Waals surface area contributed by atoms with Gasteiger partial charge in [-0.15, -0.1) is 0 Å². The van der Waals surface area contributed by atoms with E-state index in [1.165, 1.54) is 11.8 Å². The van der Waals surface area contributed by atoms with E-state index in [2.05, 4.69) is 44.5 Å². The lowest BCUT2D eigenvalue weighted by atomic mass is 9.91. The Labute approximate surface area is 190 Å². The van der Waals surface area contributed by atoms with Crippen molar-refractivity contribution in [3.8, 4) is 0 Å². The molecule has 3 N–H and O–H groups in total. The van der Waals surface area contributed by atoms with Gasteiger partial charge in [-0.3, -0.25) is 9.59 Å². The molecule has 2 heterocycles. The minimum Gasteiger partial charge on any atom is -0.361 e. The minimum absolute atomic E-state index is 0.0176. The lowest BCUT2D eigenvalue weighted by Gasteiger charge is -2.18. The lowest BCUT2D eigenvalue weighted by Crippen LogP contribution is -2.29. The number of nitrogens with zero attached hydrogens (tertiary/aromatic N) is 1. The average molecular weight is 447 g/mol. The van der Waals surface area contributed by atoms with Crippen molar-refractivity contribution in [2.75, 3.05) is 12.8 Å². The number of benzene rings is 2. The Morgan fingerprint density at radius 2 is 1.88 bits per heavy atom. The predicted octanol–water partition coefficient (Wildman–Crippen LogP) is 4.16. The number of aromatic amines is 2. The highest BCUT2D eigenvalue weighted by atomic mass is 32.2. The van der Waals surface area contributed by atoms with E-state index < -0.39 is 0 Å². The molecule has 2 aromatic heterocycles. The molecule has 32 heavy (non-hydrogen) atoms. The molecule has 0 fully saturated rings. The number of thioether (sulfide) groups is 1. The second-order valence-electron chi connectivity index (χ2n) is 7.70. The molecule has 4 aromatic rings. The molecule has 2 aromatic carbocycles. The van der Waals surface area contributed by atoms with Crippen LogP contribution in [0, 0.1) is 6.92 Å². The Bertz CT molecular complexity index is 1280. The number of para-hydroxylation sites is 1. The largest absolute Gasteiger partial charge is 0.361 e. The molecule has 4 rings (SSSR count). The zero-order valence-corrected chi connectivity index (χ0v) is 19.0. The van der Waals surface area contributed by atoms with Crippen molar-refractivity contribution in [1.82, 2.24) is 20.3 Å². The Kier molecular flexibility index (Phi) is 6.75. The van der Waals surface area contributed by atoms with E-state index in [0.717, 1.165) is 22.0 Å². The van der Waals surface area contributed by atoms with E-state index in [4.69, 9.17) is 0 Å². The van der Waals surface area contributed by atoms with Crippen LogP contribution in [0.1, 0.15) is 34.7 Å². The van der Waals surface area contributed by atoms with Gasteiger partial charge in [-0.2, -0.15) is 0 Å². The number of hydrogen-bond acceptors (Lipinski definition) is 4. The summed E-state index contributed by atoms with van der Waals surface area (Å²) in [5, 5.41) is 4.82. The molecule has 0 radical (unpaired) electrons. The average Bonchev–Trinajstić information content (AvgIpc) is 3.23. The third kappa shape index (κ3) is 4.78. The van der Waals surface area contributed by atoms with Crippen LogP contribution in [-0.4, -0.2) is 33.7 Å². The number of fused-ring (bicyclic) bond motifs is 1. The van der Waals surface area contributed by atoms with Crippen LogP contribution < -0.4 is 10.9 Å². The summed E-state index contributed by atoms with van der Waals surface area (Å²) in [6.45, 7) is 2.29. The molecular weight excluding hydrogens is 420 g/mol. The van der Waals surface area contributed by atoms with Crippen LogP contribution in [0.25, 0.3) is 10.9 Å². The molecule has 0 bridgehead atoms. The number of carbonyl (C=O) groups is 1. The quantitative estimate of drug-likeness (QED) is 0.280. The molecule has 0 spiro atoms. The molecule has 0 saturated carbocycles. The van der Waals surface area contributed by atoms with Crippen molar-refractivity contribution in [2.24, 2.45) is 0 Å². The standard InChI is InChI=1S/C25H26N4O2S/c1-16-18(24(31)29-25(28-16)32-2)12-13-23(30)27-14-20(17-8-4-3-5-9-17)21-15-26-22-11-7-6-10-19(21)22/h3-11,15,20,26H,12-14H2,1-2H3,(H,27,30)(H,28,29,31). The van der Waals surface area contributed by atoms with Gasteiger partial charge in [-0.1, -0.05) is 60.3 Å². The van der Waals surface area contributed by atoms with Crippen molar-refractivity contribution in [2.45, 2.75) is 30.8 Å². The number of nitrogens with one attached hydrogen (secondary N) is 3. The number of hydrogen-bond donors (Lipinski definition) is 3. The Morgan fingerprint density at radius 3 is 2.62 bits per heavy atom. The molecule has 1 amide bonds. The highest BCUT2D eigenvalue weighted by Crippen LogP contribution is 2.30. The van der Waals surface area contributed by atoms with Gasteiger partial charge in [0.2, 0.25) is 5.91 Å². The first-order valence-electron chi connectivity index (χ1n) is 10.6. The third-order valence-electron chi connectivity index (χ3n) is 5.70. The number of rotatable bonds is 8. The zero-order chi connectivity index (χ0) is 22.5. The molecule has 7 heteroatoms. The van der Waals surface area contributed by atoms with Crippen LogP contribution in [0.15, 0.2) is 70.7 Å². The Balaban J connectivity index is 1.48. The SMILES string of the molecule is CSc1nc(C)c(CCC(=O)NCC(c2ccccc2)c2c[nH]c3ccccc23)c(=O)[nH]1. The van der Waals surface area contributed by atoms with Gasteiger partial charge in [0.1, 0.15) is 0 Å². The summed E-state index contributed by atoms with van der Waals surface area (Å²) in [6.07, 6.45) is 4.48. The van der Waals surface area contributed by atoms with Crippen LogP contribution in [0.4, 0.5) is 0 Å². The first-order valence-corrected chi connectivity index (χ1v) is 11.8. The fourth-order valence-corrected chi connectivity index (χ4v) is 4.42. The lowest BCUT2D eigenvalue weighted by molar-refractivity contribution is -0.121. The second kappa shape index (κ2) is 9.87. The zero-order valence-electron chi connectivity index (χ0n) is 18.1. The van der Waals surface area contributed by atoms with E-state index in [-0.39, 0.29) is 23.8 Å². The number of H-pyrrole nitrogens is 2. The summed E-state index contributed by atoms with van der Waals surface area (Å²) in [5.41, 5.74) is 4.43. The Hall–Kier alpha value is -3.32. The molecule has 0 saturated heterocycles. The summed E-state index contributed by atoms with van der Waals surface area (Å²) in [7, 11) is 0. The first kappa shape index (κ1) is 21.9. The molecule has 6 nitrogen and oxygen atoms in total. The predicted molar refractivity (Wildman–Crippen MR) is 129 cm³/mol. The van der Waals surface area contributed by atoms with Gasteiger partial charge < -0.3 is 15.3 Å². The summed E-state index contributed by atoms with van der Waals surface area (Å²) >= 11 is 1.39. The fraction of sp³-hybridized carbons (Fsp3) is 0.240. The number of amides is 1. The topological polar surface area (TPSA) is 90.6 Å². The van der Waals surface area contributed by atoms with Crippen LogP contribution in [0.3, 0.4) is 0 Å². The van der Waals surface area contributed by atoms with Crippen molar-refractivity contribution in [3.05, 3.63) is 93.5 Å². The van der Waals surface area contributed by atoms with Crippen LogP contribution in [0.2, 0.25) is 0 Å². The van der Waals surface area contributed by atoms with Gasteiger partial charge in [-0.05, 0) is 36.8 Å². The fourth-order valence-electron chi connectivity index (χ4n) is 3.99. The molecule has 0 aliphatic heterocycles. The first-order chi connectivity index (χ1) is 15.6. The van der Waals surface area contributed by atoms with Crippen LogP contribution in [0.5, 0.6) is 0 Å². The normalized spacial score (nSPS) is 12.1. The van der Waals surface area contributed by atoms with E-state index in [1.807, 2.05) is 49.7 Å². The summed E-state index contributed by atoms with van der Waals surface area (Å²) in [5.74, 6) is -0.0671. The van der Waals surface area contributed by atoms with Crippen molar-refractivity contribution >= 4 is 28.6 Å². The molecule has 164 valence electrons. The second-order valence-corrected chi connectivity index (χ2v) is 8.49. The van der Waals surface area contributed by atoms with Gasteiger partial charge in [0, 0.05) is 47.2 Å². The maximum Gasteiger partial charge on any atom is 0.254 e. The van der Waals surface area contributed by atoms with E-state index in [1.54, 1.807) is 0 Å². The molecule has 0 aliphatic carbocycles. The van der Waals surface area contributed by atoms with Crippen LogP contribution >= 0.6 is 11.8 Å². The van der Waals surface area contributed by atoms with Crippen molar-refractivity contribution < 1.29 is 4.79 Å². The summed E-state index contributed by atoms with van der Waals surface area (Å²) < 4.78 is 0. The number of aromatic nitrogens is 3. The minimum atomic E-state index is -0.171. The monoisotopic (exact) mass is 446 g/mol. The maximum absolute atomic E-state index is 12.7. The smallest absolute Gasteiger partial charge is 0.254 e. The highest BCUT2D eigenvalue weighted by molar-refractivity contribution is 7.98. The highest BCUT2D eigenvalue weighted by Gasteiger charge is 2.19. The van der Waals surface area contributed by atoms with E-state index in [0.29, 0.717) is 29.4 Å².